The van der Waals surface area contributed by atoms with Gasteiger partial charge in [-0.2, -0.15) is 0 Å². The maximum atomic E-state index is 11.2. The first-order chi connectivity index (χ1) is 5.75. The Morgan fingerprint density at radius 1 is 1.67 bits per heavy atom. The maximum Gasteiger partial charge on any atom is 0.259 e. The van der Waals surface area contributed by atoms with Crippen LogP contribution in [0.3, 0.4) is 0 Å². The van der Waals surface area contributed by atoms with Gasteiger partial charge >= 0.3 is 0 Å². The molecule has 0 aliphatic heterocycles. The van der Waals surface area contributed by atoms with E-state index in [2.05, 4.69) is 4.98 Å². The Labute approximate surface area is 74.2 Å². The summed E-state index contributed by atoms with van der Waals surface area (Å²) in [5.41, 5.74) is -0.0900. The molecule has 0 bridgehead atoms. The minimum absolute atomic E-state index is 0.167. The van der Waals surface area contributed by atoms with Crippen molar-refractivity contribution in [2.45, 2.75) is 6.92 Å². The third-order valence-corrected chi connectivity index (χ3v) is 2.08. The lowest BCUT2D eigenvalue weighted by Gasteiger charge is -1.94. The van der Waals surface area contributed by atoms with Gasteiger partial charge in [0.25, 0.3) is 5.56 Å². The zero-order chi connectivity index (χ0) is 8.97. The Morgan fingerprint density at radius 2 is 2.42 bits per heavy atom. The number of nitrogens with one attached hydrogen (secondary N) is 1. The van der Waals surface area contributed by atoms with Gasteiger partial charge in [-0.1, -0.05) is 18.7 Å². The predicted molar refractivity (Wildman–Crippen MR) is 49.5 cm³/mol. The second-order valence-electron chi connectivity index (χ2n) is 2.13. The highest BCUT2D eigenvalue weighted by Crippen LogP contribution is 2.06. The van der Waals surface area contributed by atoms with E-state index in [0.29, 0.717) is 5.75 Å². The summed E-state index contributed by atoms with van der Waals surface area (Å²) < 4.78 is 0. The van der Waals surface area contributed by atoms with Crippen LogP contribution in [0.5, 0.6) is 0 Å². The Kier molecular flexibility index (Phi) is 3.10. The Balaban J connectivity index is 2.95. The van der Waals surface area contributed by atoms with E-state index in [1.165, 1.54) is 12.3 Å². The first-order valence-electron chi connectivity index (χ1n) is 3.60. The number of H-pyrrole nitrogens is 1. The van der Waals surface area contributed by atoms with Gasteiger partial charge in [0.05, 0.1) is 5.56 Å². The number of aromatic nitrogens is 1. The normalized spacial score (nSPS) is 9.75. The van der Waals surface area contributed by atoms with Crippen LogP contribution in [0.1, 0.15) is 17.3 Å². The smallest absolute Gasteiger partial charge is 0.259 e. The third-order valence-electron chi connectivity index (χ3n) is 1.31. The van der Waals surface area contributed by atoms with Crippen molar-refractivity contribution >= 4 is 16.9 Å². The fourth-order valence-electron chi connectivity index (χ4n) is 0.791. The second-order valence-corrected chi connectivity index (χ2v) is 3.37. The number of pyridine rings is 1. The van der Waals surface area contributed by atoms with E-state index in [0.717, 1.165) is 11.8 Å². The van der Waals surface area contributed by atoms with E-state index < -0.39 is 0 Å². The summed E-state index contributed by atoms with van der Waals surface area (Å²) in [5.74, 6) is 0.688. The molecule has 0 radical (unpaired) electrons. The van der Waals surface area contributed by atoms with E-state index >= 15 is 0 Å². The molecule has 0 aromatic carbocycles. The van der Waals surface area contributed by atoms with Crippen LogP contribution in [0.15, 0.2) is 23.1 Å². The van der Waals surface area contributed by atoms with E-state index in [1.54, 1.807) is 6.07 Å². The molecule has 0 aliphatic carbocycles. The minimum Gasteiger partial charge on any atom is -0.328 e. The van der Waals surface area contributed by atoms with Gasteiger partial charge in [0.15, 0.2) is 0 Å². The average molecular weight is 183 g/mol. The fourth-order valence-corrected chi connectivity index (χ4v) is 1.37. The van der Waals surface area contributed by atoms with Gasteiger partial charge in [-0.05, 0) is 17.9 Å². The number of thioether (sulfide) groups is 1. The lowest BCUT2D eigenvalue weighted by Crippen LogP contribution is -2.14. The third kappa shape index (κ3) is 1.98. The largest absolute Gasteiger partial charge is 0.328 e. The topological polar surface area (TPSA) is 49.9 Å². The summed E-state index contributed by atoms with van der Waals surface area (Å²) in [6.07, 6.45) is 1.51. The molecule has 0 amide bonds. The van der Waals surface area contributed by atoms with E-state index in [4.69, 9.17) is 0 Å². The van der Waals surface area contributed by atoms with E-state index in [9.17, 15) is 9.59 Å². The van der Waals surface area contributed by atoms with Gasteiger partial charge in [0.1, 0.15) is 0 Å². The molecule has 1 aromatic heterocycles. The quantitative estimate of drug-likeness (QED) is 0.751. The summed E-state index contributed by atoms with van der Waals surface area (Å²) in [6.45, 7) is 1.87. The van der Waals surface area contributed by atoms with Crippen LogP contribution in [0.2, 0.25) is 0 Å². The van der Waals surface area contributed by atoms with Gasteiger partial charge in [-0.25, -0.2) is 0 Å². The molecule has 0 unspecified atom stereocenters. The number of carbonyl (C=O) groups is 1. The summed E-state index contributed by atoms with van der Waals surface area (Å²) in [4.78, 5) is 24.7. The van der Waals surface area contributed by atoms with Crippen molar-refractivity contribution in [1.29, 1.82) is 0 Å². The molecule has 0 spiro atoms. The van der Waals surface area contributed by atoms with E-state index in [1.807, 2.05) is 6.92 Å². The zero-order valence-electron chi connectivity index (χ0n) is 6.66. The lowest BCUT2D eigenvalue weighted by atomic mass is 10.3. The molecule has 1 N–H and O–H groups in total. The molecule has 0 fully saturated rings. The molecule has 64 valence electrons. The molecule has 3 nitrogen and oxygen atoms in total. The summed E-state index contributed by atoms with van der Waals surface area (Å²) in [7, 11) is 0. The monoisotopic (exact) mass is 183 g/mol. The molecule has 0 saturated carbocycles. The molecule has 0 atom stereocenters. The Morgan fingerprint density at radius 3 is 3.00 bits per heavy atom. The molecular formula is C8H9NO2S. The first kappa shape index (κ1) is 9.06. The van der Waals surface area contributed by atoms with Crippen molar-refractivity contribution < 1.29 is 4.79 Å². The van der Waals surface area contributed by atoms with Gasteiger partial charge in [-0.15, -0.1) is 0 Å². The van der Waals surface area contributed by atoms with Gasteiger partial charge in [0, 0.05) is 6.20 Å². The molecule has 4 heteroatoms. The highest BCUT2D eigenvalue weighted by molar-refractivity contribution is 8.14. The summed E-state index contributed by atoms with van der Waals surface area (Å²) in [5, 5.41) is -0.167. The van der Waals surface area contributed by atoms with Crippen molar-refractivity contribution in [3.63, 3.8) is 0 Å². The fraction of sp³-hybridized carbons (Fsp3) is 0.250. The van der Waals surface area contributed by atoms with Gasteiger partial charge in [-0.3, -0.25) is 9.59 Å². The number of aromatic amines is 1. The number of hydrogen-bond donors (Lipinski definition) is 1. The highest BCUT2D eigenvalue weighted by Gasteiger charge is 2.07. The van der Waals surface area contributed by atoms with Gasteiger partial charge < -0.3 is 4.98 Å². The predicted octanol–water partition coefficient (Wildman–Crippen LogP) is 1.27. The zero-order valence-corrected chi connectivity index (χ0v) is 7.48. The standard InChI is InChI=1S/C8H9NO2S/c1-2-12-8(11)6-4-3-5-9-7(6)10/h3-5H,2H2,1H3,(H,9,10). The average Bonchev–Trinajstić information content (AvgIpc) is 2.05. The highest BCUT2D eigenvalue weighted by atomic mass is 32.2. The van der Waals surface area contributed by atoms with Crippen LogP contribution in [-0.2, 0) is 0 Å². The Bertz CT molecular complexity index is 332. The maximum absolute atomic E-state index is 11.2. The van der Waals surface area contributed by atoms with Crippen molar-refractivity contribution in [3.8, 4) is 0 Å². The van der Waals surface area contributed by atoms with Crippen LogP contribution in [-0.4, -0.2) is 15.9 Å². The second kappa shape index (κ2) is 4.11. The molecular weight excluding hydrogens is 174 g/mol. The van der Waals surface area contributed by atoms with Crippen molar-refractivity contribution in [2.75, 3.05) is 5.75 Å². The van der Waals surface area contributed by atoms with Crippen LogP contribution in [0.25, 0.3) is 0 Å². The number of rotatable bonds is 2. The van der Waals surface area contributed by atoms with Crippen molar-refractivity contribution in [3.05, 3.63) is 34.2 Å². The van der Waals surface area contributed by atoms with Gasteiger partial charge in [0.2, 0.25) is 5.12 Å². The number of hydrogen-bond acceptors (Lipinski definition) is 3. The van der Waals surface area contributed by atoms with E-state index in [-0.39, 0.29) is 16.2 Å². The first-order valence-corrected chi connectivity index (χ1v) is 4.59. The van der Waals surface area contributed by atoms with Crippen LogP contribution >= 0.6 is 11.8 Å². The van der Waals surface area contributed by atoms with Crippen LogP contribution < -0.4 is 5.56 Å². The lowest BCUT2D eigenvalue weighted by molar-refractivity contribution is 0.108. The molecule has 12 heavy (non-hydrogen) atoms. The van der Waals surface area contributed by atoms with Crippen molar-refractivity contribution in [1.82, 2.24) is 4.98 Å². The Hall–Kier alpha value is -1.03. The SMILES string of the molecule is CCSC(=O)c1ccc[nH]c1=O. The summed E-state index contributed by atoms with van der Waals surface area (Å²) >= 11 is 1.14. The summed E-state index contributed by atoms with van der Waals surface area (Å²) in [6, 6.07) is 3.18. The molecule has 1 heterocycles. The minimum atomic E-state index is -0.316. The molecule has 0 saturated heterocycles. The molecule has 1 rings (SSSR count). The van der Waals surface area contributed by atoms with Crippen LogP contribution in [0.4, 0.5) is 0 Å². The molecule has 1 aromatic rings. The van der Waals surface area contributed by atoms with Crippen molar-refractivity contribution in [2.24, 2.45) is 0 Å². The number of carbonyl (C=O) groups excluding carboxylic acids is 1. The molecule has 0 aliphatic rings. The van der Waals surface area contributed by atoms with Crippen LogP contribution in [0, 0.1) is 0 Å².